The quantitative estimate of drug-likeness (QED) is 0.291. The molecule has 0 aliphatic rings. The van der Waals surface area contributed by atoms with Gasteiger partial charge in [0.2, 0.25) is 5.82 Å². The maximum atomic E-state index is 13.2. The summed E-state index contributed by atoms with van der Waals surface area (Å²) in [7, 11) is 0. The van der Waals surface area contributed by atoms with E-state index in [9.17, 15) is 8.78 Å². The van der Waals surface area contributed by atoms with E-state index in [4.69, 9.17) is 9.15 Å². The number of hydrogen-bond donors (Lipinski definition) is 0. The fraction of sp³-hybridized carbons (Fsp3) is 0.167. The van der Waals surface area contributed by atoms with Crippen molar-refractivity contribution in [3.05, 3.63) is 71.4 Å². The van der Waals surface area contributed by atoms with E-state index in [2.05, 4.69) is 20.1 Å². The van der Waals surface area contributed by atoms with Crippen molar-refractivity contribution in [3.63, 3.8) is 0 Å². The minimum absolute atomic E-state index is 0.245. The van der Waals surface area contributed by atoms with Crippen LogP contribution in [0.25, 0.3) is 37.7 Å². The van der Waals surface area contributed by atoms with Crippen LogP contribution in [0.1, 0.15) is 29.0 Å². The molecule has 170 valence electrons. The lowest BCUT2D eigenvalue weighted by molar-refractivity contribution is 0.146. The van der Waals surface area contributed by atoms with Crippen molar-refractivity contribution in [1.29, 1.82) is 0 Å². The van der Waals surface area contributed by atoms with Crippen LogP contribution >= 0.6 is 11.3 Å². The average Bonchev–Trinajstić information content (AvgIpc) is 3.53. The van der Waals surface area contributed by atoms with Gasteiger partial charge in [0.05, 0.1) is 5.52 Å². The predicted octanol–water partition coefficient (Wildman–Crippen LogP) is 6.28. The van der Waals surface area contributed by atoms with Crippen LogP contribution in [-0.2, 0) is 6.61 Å². The monoisotopic (exact) mass is 477 g/mol. The molecule has 0 aliphatic heterocycles. The first-order valence-electron chi connectivity index (χ1n) is 10.5. The Morgan fingerprint density at radius 2 is 2.00 bits per heavy atom. The van der Waals surface area contributed by atoms with Crippen molar-refractivity contribution in [2.75, 3.05) is 0 Å². The summed E-state index contributed by atoms with van der Waals surface area (Å²) in [5, 5.41) is 5.24. The third-order valence-electron chi connectivity index (χ3n) is 5.46. The summed E-state index contributed by atoms with van der Waals surface area (Å²) in [6.07, 6.45) is -1.07. The van der Waals surface area contributed by atoms with Crippen LogP contribution in [-0.4, -0.2) is 24.6 Å². The van der Waals surface area contributed by atoms with Crippen molar-refractivity contribution in [2.45, 2.75) is 26.9 Å². The molecular weight excluding hydrogens is 460 g/mol. The summed E-state index contributed by atoms with van der Waals surface area (Å²) in [6.45, 7) is 4.06. The van der Waals surface area contributed by atoms with E-state index in [1.54, 1.807) is 23.8 Å². The molecule has 0 unspecified atom stereocenters. The summed E-state index contributed by atoms with van der Waals surface area (Å²) in [5.74, 6) is 2.29. The Kier molecular flexibility index (Phi) is 4.77. The first-order chi connectivity index (χ1) is 16.5. The Labute approximate surface area is 195 Å². The normalized spacial score (nSPS) is 11.9. The molecule has 0 saturated heterocycles. The van der Waals surface area contributed by atoms with E-state index < -0.39 is 6.43 Å². The van der Waals surface area contributed by atoms with E-state index in [0.29, 0.717) is 38.9 Å². The first kappa shape index (κ1) is 20.7. The minimum Gasteiger partial charge on any atom is -0.486 e. The molecule has 0 N–H and O–H groups in total. The van der Waals surface area contributed by atoms with E-state index in [0.717, 1.165) is 21.4 Å². The number of rotatable bonds is 5. The van der Waals surface area contributed by atoms with Crippen LogP contribution in [0.5, 0.6) is 5.75 Å². The zero-order valence-corrected chi connectivity index (χ0v) is 18.9. The Balaban J connectivity index is 1.36. The number of thiophene rings is 1. The molecule has 0 amide bonds. The van der Waals surface area contributed by atoms with E-state index in [-0.39, 0.29) is 12.3 Å². The fourth-order valence-electron chi connectivity index (χ4n) is 3.89. The highest BCUT2D eigenvalue weighted by molar-refractivity contribution is 7.26. The molecule has 1 aromatic carbocycles. The molecule has 0 atom stereocenters. The largest absolute Gasteiger partial charge is 0.486 e. The molecule has 0 bridgehead atoms. The number of aromatic nitrogens is 5. The lowest BCUT2D eigenvalue weighted by atomic mass is 10.1. The van der Waals surface area contributed by atoms with Crippen LogP contribution in [0.3, 0.4) is 0 Å². The topological polar surface area (TPSA) is 78.3 Å². The van der Waals surface area contributed by atoms with Crippen LogP contribution in [0.2, 0.25) is 0 Å². The van der Waals surface area contributed by atoms with Gasteiger partial charge in [-0.05, 0) is 55.3 Å². The van der Waals surface area contributed by atoms with Gasteiger partial charge < -0.3 is 9.15 Å². The van der Waals surface area contributed by atoms with Crippen molar-refractivity contribution < 1.29 is 17.9 Å². The molecule has 5 aromatic heterocycles. The van der Waals surface area contributed by atoms with Crippen LogP contribution < -0.4 is 4.74 Å². The standard InChI is InChI=1S/C24H17F2N5O2S/c1-12-4-3-5-14(8-12)32-10-15-6-7-17(33-15)22-29-23-20-19(27-11-31(23)30-22)18-13(2)9-16(21(25)26)28-24(18)34-20/h3-9,11,21H,10H2,1-2H3. The van der Waals surface area contributed by atoms with Crippen molar-refractivity contribution in [1.82, 2.24) is 24.6 Å². The van der Waals surface area contributed by atoms with Gasteiger partial charge in [0, 0.05) is 5.39 Å². The number of aryl methyl sites for hydroxylation is 2. The van der Waals surface area contributed by atoms with Gasteiger partial charge >= 0.3 is 0 Å². The molecule has 0 fully saturated rings. The van der Waals surface area contributed by atoms with Gasteiger partial charge in [0.25, 0.3) is 6.43 Å². The molecule has 6 rings (SSSR count). The maximum Gasteiger partial charge on any atom is 0.280 e. The van der Waals surface area contributed by atoms with Gasteiger partial charge in [-0.3, -0.25) is 0 Å². The highest BCUT2D eigenvalue weighted by Gasteiger charge is 2.20. The van der Waals surface area contributed by atoms with Gasteiger partial charge in [0.15, 0.2) is 11.4 Å². The third kappa shape index (κ3) is 3.47. The van der Waals surface area contributed by atoms with Gasteiger partial charge in [-0.2, -0.15) is 0 Å². The summed E-state index contributed by atoms with van der Waals surface area (Å²) < 4.78 is 40.4. The molecule has 6 aromatic rings. The lowest BCUT2D eigenvalue weighted by Crippen LogP contribution is -1.93. The summed E-state index contributed by atoms with van der Waals surface area (Å²) in [4.78, 5) is 13.8. The van der Waals surface area contributed by atoms with Crippen LogP contribution in [0.15, 0.2) is 53.2 Å². The fourth-order valence-corrected chi connectivity index (χ4v) is 5.07. The molecule has 34 heavy (non-hydrogen) atoms. The minimum atomic E-state index is -2.64. The van der Waals surface area contributed by atoms with Gasteiger partial charge in [0.1, 0.15) is 39.7 Å². The third-order valence-corrected chi connectivity index (χ3v) is 6.53. The second-order valence-corrected chi connectivity index (χ2v) is 8.94. The summed E-state index contributed by atoms with van der Waals surface area (Å²) >= 11 is 1.28. The SMILES string of the molecule is Cc1cccc(OCc2ccc(-c3nc4c5sc6nc(C(F)F)cc(C)c6c5ncn4n3)o2)c1. The Bertz CT molecular complexity index is 1690. The molecule has 0 aliphatic carbocycles. The average molecular weight is 477 g/mol. The second-order valence-electron chi connectivity index (χ2n) is 7.94. The number of fused-ring (bicyclic) bond motifs is 5. The van der Waals surface area contributed by atoms with Gasteiger partial charge in [-0.15, -0.1) is 16.4 Å². The van der Waals surface area contributed by atoms with Crippen LogP contribution in [0.4, 0.5) is 8.78 Å². The zero-order chi connectivity index (χ0) is 23.4. The number of nitrogens with zero attached hydrogens (tertiary/aromatic N) is 5. The maximum absolute atomic E-state index is 13.2. The number of alkyl halides is 2. The van der Waals surface area contributed by atoms with E-state index in [1.165, 1.54) is 17.4 Å². The van der Waals surface area contributed by atoms with Crippen LogP contribution in [0, 0.1) is 13.8 Å². The van der Waals surface area contributed by atoms with E-state index >= 15 is 0 Å². The Hall–Kier alpha value is -3.92. The van der Waals surface area contributed by atoms with Crippen molar-refractivity contribution in [2.24, 2.45) is 0 Å². The predicted molar refractivity (Wildman–Crippen MR) is 124 cm³/mol. The number of halogens is 2. The lowest BCUT2D eigenvalue weighted by Gasteiger charge is -2.04. The number of pyridine rings is 1. The molecule has 0 spiro atoms. The van der Waals surface area contributed by atoms with Crippen molar-refractivity contribution >= 4 is 37.4 Å². The summed E-state index contributed by atoms with van der Waals surface area (Å²) in [5.41, 5.74) is 2.81. The zero-order valence-electron chi connectivity index (χ0n) is 18.1. The smallest absolute Gasteiger partial charge is 0.280 e. The number of hydrogen-bond acceptors (Lipinski definition) is 7. The van der Waals surface area contributed by atoms with Crippen molar-refractivity contribution in [3.8, 4) is 17.3 Å². The molecular formula is C24H17F2N5O2S. The number of benzene rings is 1. The Morgan fingerprint density at radius 1 is 1.12 bits per heavy atom. The molecule has 5 heterocycles. The highest BCUT2D eigenvalue weighted by atomic mass is 32.1. The molecule has 10 heteroatoms. The van der Waals surface area contributed by atoms with Gasteiger partial charge in [-0.1, -0.05) is 12.1 Å². The Morgan fingerprint density at radius 3 is 2.82 bits per heavy atom. The molecule has 7 nitrogen and oxygen atoms in total. The van der Waals surface area contributed by atoms with Gasteiger partial charge in [-0.25, -0.2) is 28.2 Å². The summed E-state index contributed by atoms with van der Waals surface area (Å²) in [6, 6.07) is 12.8. The highest BCUT2D eigenvalue weighted by Crippen LogP contribution is 2.37. The first-order valence-corrected chi connectivity index (χ1v) is 11.3. The second kappa shape index (κ2) is 7.84. The molecule has 0 radical (unpaired) electrons. The number of furan rings is 1. The number of ether oxygens (including phenoxy) is 1. The van der Waals surface area contributed by atoms with E-state index in [1.807, 2.05) is 37.3 Å². The molecule has 0 saturated carbocycles.